The van der Waals surface area contributed by atoms with Gasteiger partial charge in [-0.25, -0.2) is 9.18 Å². The standard InChI is InChI=1S/C13H15FO2/c1-16-13(15)12-8-10(14)6-7-11(12)9-4-2-3-5-9/h6-9H,2-5H2,1H3. The number of hydrogen-bond donors (Lipinski definition) is 0. The number of methoxy groups -OCH3 is 1. The highest BCUT2D eigenvalue weighted by atomic mass is 19.1. The molecule has 0 spiro atoms. The maximum atomic E-state index is 13.1. The van der Waals surface area contributed by atoms with Crippen LogP contribution in [0, 0.1) is 5.82 Å². The second-order valence-corrected chi connectivity index (χ2v) is 4.20. The number of benzene rings is 1. The van der Waals surface area contributed by atoms with Crippen LogP contribution in [0.4, 0.5) is 4.39 Å². The first-order valence-electron chi connectivity index (χ1n) is 5.60. The van der Waals surface area contributed by atoms with E-state index in [0.717, 1.165) is 18.4 Å². The quantitative estimate of drug-likeness (QED) is 0.718. The Kier molecular flexibility index (Phi) is 3.22. The molecule has 0 heterocycles. The molecule has 0 aromatic heterocycles. The van der Waals surface area contributed by atoms with E-state index in [1.54, 1.807) is 6.07 Å². The Morgan fingerprint density at radius 1 is 1.38 bits per heavy atom. The molecule has 0 saturated heterocycles. The molecule has 0 radical (unpaired) electrons. The SMILES string of the molecule is COC(=O)c1cc(F)ccc1C1CCCC1. The molecule has 2 rings (SSSR count). The van der Waals surface area contributed by atoms with Crippen molar-refractivity contribution in [2.45, 2.75) is 31.6 Å². The molecule has 1 aliphatic rings. The van der Waals surface area contributed by atoms with Crippen LogP contribution < -0.4 is 0 Å². The average Bonchev–Trinajstić information content (AvgIpc) is 2.81. The number of carbonyl (C=O) groups excluding carboxylic acids is 1. The van der Waals surface area contributed by atoms with Gasteiger partial charge in [-0.3, -0.25) is 0 Å². The van der Waals surface area contributed by atoms with Crippen LogP contribution in [-0.4, -0.2) is 13.1 Å². The fraction of sp³-hybridized carbons (Fsp3) is 0.462. The Balaban J connectivity index is 2.38. The molecule has 1 aliphatic carbocycles. The number of carbonyl (C=O) groups is 1. The van der Waals surface area contributed by atoms with E-state index in [-0.39, 0.29) is 5.82 Å². The minimum Gasteiger partial charge on any atom is -0.465 e. The topological polar surface area (TPSA) is 26.3 Å². The molecule has 0 N–H and O–H groups in total. The van der Waals surface area contributed by atoms with Crippen molar-refractivity contribution in [3.05, 3.63) is 35.1 Å². The summed E-state index contributed by atoms with van der Waals surface area (Å²) in [6.07, 6.45) is 4.52. The molecule has 1 fully saturated rings. The lowest BCUT2D eigenvalue weighted by Crippen LogP contribution is -2.08. The molecule has 0 bridgehead atoms. The lowest BCUT2D eigenvalue weighted by atomic mass is 9.93. The highest BCUT2D eigenvalue weighted by Gasteiger charge is 2.23. The minimum absolute atomic E-state index is 0.384. The van der Waals surface area contributed by atoms with Crippen LogP contribution in [0.3, 0.4) is 0 Å². The molecule has 16 heavy (non-hydrogen) atoms. The van der Waals surface area contributed by atoms with Gasteiger partial charge in [0.25, 0.3) is 0 Å². The second-order valence-electron chi connectivity index (χ2n) is 4.20. The molecule has 0 unspecified atom stereocenters. The van der Waals surface area contributed by atoms with E-state index in [2.05, 4.69) is 4.74 Å². The Morgan fingerprint density at radius 2 is 2.06 bits per heavy atom. The molecule has 2 nitrogen and oxygen atoms in total. The number of esters is 1. The van der Waals surface area contributed by atoms with Crippen molar-refractivity contribution in [1.82, 2.24) is 0 Å². The van der Waals surface area contributed by atoms with E-state index in [1.807, 2.05) is 0 Å². The summed E-state index contributed by atoms with van der Waals surface area (Å²) >= 11 is 0. The third-order valence-corrected chi connectivity index (χ3v) is 3.22. The van der Waals surface area contributed by atoms with E-state index in [0.29, 0.717) is 11.5 Å². The highest BCUT2D eigenvalue weighted by molar-refractivity contribution is 5.91. The van der Waals surface area contributed by atoms with Crippen LogP contribution in [0.25, 0.3) is 0 Å². The van der Waals surface area contributed by atoms with Crippen LogP contribution in [0.2, 0.25) is 0 Å². The van der Waals surface area contributed by atoms with E-state index in [4.69, 9.17) is 0 Å². The van der Waals surface area contributed by atoms with Gasteiger partial charge in [0.2, 0.25) is 0 Å². The maximum absolute atomic E-state index is 13.1. The van der Waals surface area contributed by atoms with Gasteiger partial charge in [0.15, 0.2) is 0 Å². The maximum Gasteiger partial charge on any atom is 0.338 e. The molecule has 0 amide bonds. The van der Waals surface area contributed by atoms with E-state index >= 15 is 0 Å². The fourth-order valence-electron chi connectivity index (χ4n) is 2.41. The molecule has 3 heteroatoms. The van der Waals surface area contributed by atoms with Crippen molar-refractivity contribution >= 4 is 5.97 Å². The van der Waals surface area contributed by atoms with Crippen LogP contribution in [0.5, 0.6) is 0 Å². The summed E-state index contributed by atoms with van der Waals surface area (Å²) in [5, 5.41) is 0. The van der Waals surface area contributed by atoms with E-state index in [9.17, 15) is 9.18 Å². The minimum atomic E-state index is -0.443. The Hall–Kier alpha value is -1.38. The molecular formula is C13H15FO2. The normalized spacial score (nSPS) is 16.4. The number of ether oxygens (including phenoxy) is 1. The monoisotopic (exact) mass is 222 g/mol. The van der Waals surface area contributed by atoms with Gasteiger partial charge in [0, 0.05) is 0 Å². The van der Waals surface area contributed by atoms with Crippen LogP contribution in [0.1, 0.15) is 47.5 Å². The zero-order valence-corrected chi connectivity index (χ0v) is 9.33. The van der Waals surface area contributed by atoms with Crippen molar-refractivity contribution in [2.24, 2.45) is 0 Å². The smallest absolute Gasteiger partial charge is 0.338 e. The molecule has 0 aliphatic heterocycles. The van der Waals surface area contributed by atoms with Crippen molar-refractivity contribution in [2.75, 3.05) is 7.11 Å². The predicted octanol–water partition coefficient (Wildman–Crippen LogP) is 3.27. The molecular weight excluding hydrogens is 207 g/mol. The Bertz CT molecular complexity index is 395. The van der Waals surface area contributed by atoms with Crippen LogP contribution >= 0.6 is 0 Å². The summed E-state index contributed by atoms with van der Waals surface area (Å²) in [7, 11) is 1.33. The Morgan fingerprint density at radius 3 is 2.69 bits per heavy atom. The van der Waals surface area contributed by atoms with Gasteiger partial charge < -0.3 is 4.74 Å². The van der Waals surface area contributed by atoms with Crippen molar-refractivity contribution in [1.29, 1.82) is 0 Å². The van der Waals surface area contributed by atoms with Crippen LogP contribution in [0.15, 0.2) is 18.2 Å². The second kappa shape index (κ2) is 4.64. The van der Waals surface area contributed by atoms with Crippen LogP contribution in [-0.2, 0) is 4.74 Å². The zero-order chi connectivity index (χ0) is 11.5. The third kappa shape index (κ3) is 2.08. The van der Waals surface area contributed by atoms with Crippen molar-refractivity contribution in [3.8, 4) is 0 Å². The first-order chi connectivity index (χ1) is 7.72. The first-order valence-corrected chi connectivity index (χ1v) is 5.60. The van der Waals surface area contributed by atoms with Gasteiger partial charge in [0.05, 0.1) is 12.7 Å². The number of hydrogen-bond acceptors (Lipinski definition) is 2. The fourth-order valence-corrected chi connectivity index (χ4v) is 2.41. The summed E-state index contributed by atoms with van der Waals surface area (Å²) in [4.78, 5) is 11.6. The molecule has 0 atom stereocenters. The molecule has 1 aromatic rings. The largest absolute Gasteiger partial charge is 0.465 e. The lowest BCUT2D eigenvalue weighted by Gasteiger charge is -2.13. The van der Waals surface area contributed by atoms with Gasteiger partial charge in [-0.15, -0.1) is 0 Å². The summed E-state index contributed by atoms with van der Waals surface area (Å²) in [6, 6.07) is 4.41. The van der Waals surface area contributed by atoms with E-state index < -0.39 is 5.97 Å². The average molecular weight is 222 g/mol. The van der Waals surface area contributed by atoms with Crippen molar-refractivity contribution < 1.29 is 13.9 Å². The highest BCUT2D eigenvalue weighted by Crippen LogP contribution is 2.36. The van der Waals surface area contributed by atoms with E-state index in [1.165, 1.54) is 32.1 Å². The van der Waals surface area contributed by atoms with Gasteiger partial charge in [0.1, 0.15) is 5.82 Å². The van der Waals surface area contributed by atoms with Crippen molar-refractivity contribution in [3.63, 3.8) is 0 Å². The van der Waals surface area contributed by atoms with Gasteiger partial charge >= 0.3 is 5.97 Å². The first kappa shape index (κ1) is 11.1. The Labute approximate surface area is 94.4 Å². The van der Waals surface area contributed by atoms with Gasteiger partial charge in [-0.2, -0.15) is 0 Å². The number of rotatable bonds is 2. The molecule has 1 saturated carbocycles. The third-order valence-electron chi connectivity index (χ3n) is 3.22. The van der Waals surface area contributed by atoms with Gasteiger partial charge in [-0.1, -0.05) is 18.9 Å². The predicted molar refractivity (Wildman–Crippen MR) is 58.9 cm³/mol. The molecule has 1 aromatic carbocycles. The summed E-state index contributed by atoms with van der Waals surface area (Å²) in [5.41, 5.74) is 1.32. The summed E-state index contributed by atoms with van der Waals surface area (Å²) in [5.74, 6) is -0.446. The summed E-state index contributed by atoms with van der Waals surface area (Å²) < 4.78 is 17.8. The molecule has 86 valence electrons. The lowest BCUT2D eigenvalue weighted by molar-refractivity contribution is 0.0598. The zero-order valence-electron chi connectivity index (χ0n) is 9.33. The summed E-state index contributed by atoms with van der Waals surface area (Å²) in [6.45, 7) is 0. The van der Waals surface area contributed by atoms with Gasteiger partial charge in [-0.05, 0) is 36.5 Å². The number of halogens is 1.